The Morgan fingerprint density at radius 1 is 0.935 bits per heavy atom. The maximum Gasteiger partial charge on any atom is 0.273 e. The van der Waals surface area contributed by atoms with E-state index in [1.807, 2.05) is 54.6 Å². The zero-order valence-electron chi connectivity index (χ0n) is 17.0. The lowest BCUT2D eigenvalue weighted by Crippen LogP contribution is -2.27. The monoisotopic (exact) mass is 418 g/mol. The summed E-state index contributed by atoms with van der Waals surface area (Å²) in [7, 11) is 0. The highest BCUT2D eigenvalue weighted by Gasteiger charge is 2.18. The minimum absolute atomic E-state index is 0.0540. The van der Waals surface area contributed by atoms with Crippen LogP contribution >= 0.6 is 0 Å². The quantitative estimate of drug-likeness (QED) is 0.427. The number of benzene rings is 3. The third-order valence-corrected chi connectivity index (χ3v) is 5.13. The summed E-state index contributed by atoms with van der Waals surface area (Å²) in [6.07, 6.45) is 1.26. The number of hydrogen-bond donors (Lipinski definition) is 1. The van der Waals surface area contributed by atoms with Gasteiger partial charge in [0, 0.05) is 11.1 Å². The van der Waals surface area contributed by atoms with Crippen LogP contribution in [0.1, 0.15) is 34.6 Å². The van der Waals surface area contributed by atoms with Crippen LogP contribution in [0.5, 0.6) is 0 Å². The molecule has 6 heteroatoms. The Morgan fingerprint density at radius 3 is 2.16 bits per heavy atom. The van der Waals surface area contributed by atoms with E-state index in [-0.39, 0.29) is 11.3 Å². The Bertz CT molecular complexity index is 1200. The summed E-state index contributed by atoms with van der Waals surface area (Å²) in [6, 6.07) is 19.4. The molecule has 0 saturated heterocycles. The van der Waals surface area contributed by atoms with E-state index in [0.29, 0.717) is 11.5 Å². The molecular formula is C25H20F2N2O2. The van der Waals surface area contributed by atoms with Crippen molar-refractivity contribution in [2.45, 2.75) is 19.9 Å². The van der Waals surface area contributed by atoms with Crippen molar-refractivity contribution in [3.05, 3.63) is 101 Å². The van der Waals surface area contributed by atoms with E-state index >= 15 is 0 Å². The van der Waals surface area contributed by atoms with Gasteiger partial charge in [-0.1, -0.05) is 42.5 Å². The van der Waals surface area contributed by atoms with E-state index in [1.54, 1.807) is 6.92 Å². The van der Waals surface area contributed by atoms with Gasteiger partial charge < -0.3 is 9.73 Å². The van der Waals surface area contributed by atoms with Crippen molar-refractivity contribution in [2.75, 3.05) is 0 Å². The van der Waals surface area contributed by atoms with Gasteiger partial charge in [0.15, 0.2) is 5.69 Å². The third kappa shape index (κ3) is 4.38. The van der Waals surface area contributed by atoms with E-state index in [4.69, 9.17) is 4.42 Å². The topological polar surface area (TPSA) is 55.1 Å². The fourth-order valence-corrected chi connectivity index (χ4v) is 3.22. The number of amides is 1. The molecular weight excluding hydrogens is 398 g/mol. The van der Waals surface area contributed by atoms with Crippen LogP contribution in [0, 0.1) is 18.6 Å². The molecule has 4 aromatic rings. The van der Waals surface area contributed by atoms with Crippen LogP contribution in [0.3, 0.4) is 0 Å². The third-order valence-electron chi connectivity index (χ3n) is 5.13. The smallest absolute Gasteiger partial charge is 0.273 e. The van der Waals surface area contributed by atoms with Crippen LogP contribution in [0.2, 0.25) is 0 Å². The summed E-state index contributed by atoms with van der Waals surface area (Å²) in [5, 5.41) is 2.69. The Balaban J connectivity index is 1.47. The number of carbonyl (C=O) groups excluding carboxylic acids is 1. The molecule has 0 radical (unpaired) electrons. The molecule has 1 aromatic heterocycles. The van der Waals surface area contributed by atoms with Crippen LogP contribution in [0.15, 0.2) is 77.4 Å². The summed E-state index contributed by atoms with van der Waals surface area (Å²) < 4.78 is 33.1. The molecule has 1 unspecified atom stereocenters. The van der Waals surface area contributed by atoms with Crippen molar-refractivity contribution >= 4 is 5.91 Å². The van der Waals surface area contributed by atoms with E-state index in [9.17, 15) is 13.6 Å². The van der Waals surface area contributed by atoms with E-state index < -0.39 is 23.6 Å². The van der Waals surface area contributed by atoms with Gasteiger partial charge in [0.2, 0.25) is 5.89 Å². The van der Waals surface area contributed by atoms with Gasteiger partial charge in [-0.05, 0) is 54.8 Å². The molecule has 0 aliphatic carbocycles. The second-order valence-corrected chi connectivity index (χ2v) is 7.29. The fourth-order valence-electron chi connectivity index (χ4n) is 3.22. The van der Waals surface area contributed by atoms with Gasteiger partial charge in [0.25, 0.3) is 5.91 Å². The predicted octanol–water partition coefficient (Wildman–Crippen LogP) is 6.09. The first-order valence-electron chi connectivity index (χ1n) is 9.80. The summed E-state index contributed by atoms with van der Waals surface area (Å²) in [6.45, 7) is 3.01. The van der Waals surface area contributed by atoms with Crippen molar-refractivity contribution in [1.82, 2.24) is 10.3 Å². The number of oxazole rings is 1. The average Bonchev–Trinajstić information content (AvgIpc) is 3.28. The first-order valence-corrected chi connectivity index (χ1v) is 9.80. The molecule has 1 heterocycles. The lowest BCUT2D eigenvalue weighted by molar-refractivity contribution is 0.0934. The molecule has 4 nitrogen and oxygen atoms in total. The standard InChI is InChI=1S/C25H20F2N2O2/c1-15-21(26)12-20(13-22(15)27)16(2)28-24(30)23-14-31-25(29-23)19-10-8-18(9-11-19)17-6-4-3-5-7-17/h3-14,16H,1-2H3,(H,28,30). The van der Waals surface area contributed by atoms with Crippen molar-refractivity contribution < 1.29 is 18.0 Å². The molecule has 1 amide bonds. The van der Waals surface area contributed by atoms with Gasteiger partial charge in [-0.2, -0.15) is 0 Å². The highest BCUT2D eigenvalue weighted by Crippen LogP contribution is 2.25. The van der Waals surface area contributed by atoms with Crippen molar-refractivity contribution in [2.24, 2.45) is 0 Å². The number of rotatable bonds is 5. The maximum absolute atomic E-state index is 13.8. The lowest BCUT2D eigenvalue weighted by atomic mass is 10.0. The summed E-state index contributed by atoms with van der Waals surface area (Å²) >= 11 is 0. The number of hydrogen-bond acceptors (Lipinski definition) is 3. The summed E-state index contributed by atoms with van der Waals surface area (Å²) in [4.78, 5) is 16.8. The molecule has 3 aromatic carbocycles. The first-order chi connectivity index (χ1) is 14.9. The molecule has 0 spiro atoms. The van der Waals surface area contributed by atoms with E-state index in [0.717, 1.165) is 16.7 Å². The minimum Gasteiger partial charge on any atom is -0.444 e. The predicted molar refractivity (Wildman–Crippen MR) is 114 cm³/mol. The van der Waals surface area contributed by atoms with Gasteiger partial charge in [-0.15, -0.1) is 0 Å². The van der Waals surface area contributed by atoms with Crippen LogP contribution in [-0.2, 0) is 0 Å². The molecule has 1 atom stereocenters. The van der Waals surface area contributed by atoms with Crippen molar-refractivity contribution in [1.29, 1.82) is 0 Å². The second kappa shape index (κ2) is 8.52. The molecule has 156 valence electrons. The number of halogens is 2. The van der Waals surface area contributed by atoms with Crippen molar-refractivity contribution in [3.8, 4) is 22.6 Å². The van der Waals surface area contributed by atoms with Crippen LogP contribution < -0.4 is 5.32 Å². The molecule has 4 rings (SSSR count). The first kappa shape index (κ1) is 20.5. The van der Waals surface area contributed by atoms with Gasteiger partial charge in [0.05, 0.1) is 6.04 Å². The van der Waals surface area contributed by atoms with Gasteiger partial charge in [-0.3, -0.25) is 4.79 Å². The van der Waals surface area contributed by atoms with Gasteiger partial charge >= 0.3 is 0 Å². The van der Waals surface area contributed by atoms with Crippen LogP contribution in [-0.4, -0.2) is 10.9 Å². The number of nitrogens with one attached hydrogen (secondary N) is 1. The molecule has 0 bridgehead atoms. The Labute approximate surface area is 178 Å². The largest absolute Gasteiger partial charge is 0.444 e. The van der Waals surface area contributed by atoms with Crippen LogP contribution in [0.25, 0.3) is 22.6 Å². The lowest BCUT2D eigenvalue weighted by Gasteiger charge is -2.14. The summed E-state index contributed by atoms with van der Waals surface area (Å²) in [5.74, 6) is -1.49. The molecule has 1 N–H and O–H groups in total. The maximum atomic E-state index is 13.8. The van der Waals surface area contributed by atoms with Gasteiger partial charge in [0.1, 0.15) is 17.9 Å². The summed E-state index contributed by atoms with van der Waals surface area (Å²) in [5.41, 5.74) is 3.24. The van der Waals surface area contributed by atoms with E-state index in [2.05, 4.69) is 10.3 Å². The second-order valence-electron chi connectivity index (χ2n) is 7.29. The fraction of sp³-hybridized carbons (Fsp3) is 0.120. The Hall–Kier alpha value is -3.80. The number of carbonyl (C=O) groups is 1. The molecule has 0 saturated carbocycles. The zero-order valence-corrected chi connectivity index (χ0v) is 17.0. The Morgan fingerprint density at radius 2 is 1.52 bits per heavy atom. The average molecular weight is 418 g/mol. The number of aromatic nitrogens is 1. The highest BCUT2D eigenvalue weighted by molar-refractivity contribution is 5.92. The minimum atomic E-state index is -0.654. The molecule has 0 aliphatic rings. The number of nitrogens with zero attached hydrogens (tertiary/aromatic N) is 1. The Kier molecular flexibility index (Phi) is 5.62. The molecule has 0 fully saturated rings. The van der Waals surface area contributed by atoms with Crippen LogP contribution in [0.4, 0.5) is 8.78 Å². The normalized spacial score (nSPS) is 11.9. The molecule has 31 heavy (non-hydrogen) atoms. The SMILES string of the molecule is Cc1c(F)cc(C(C)NC(=O)c2coc(-c3ccc(-c4ccccc4)cc3)n2)cc1F. The highest BCUT2D eigenvalue weighted by atomic mass is 19.1. The zero-order chi connectivity index (χ0) is 22.0. The van der Waals surface area contributed by atoms with E-state index in [1.165, 1.54) is 25.3 Å². The molecule has 0 aliphatic heterocycles. The van der Waals surface area contributed by atoms with Gasteiger partial charge in [-0.25, -0.2) is 13.8 Å². The van der Waals surface area contributed by atoms with Crippen molar-refractivity contribution in [3.63, 3.8) is 0 Å².